The lowest BCUT2D eigenvalue weighted by Gasteiger charge is -2.33. The van der Waals surface area contributed by atoms with E-state index in [1.807, 2.05) is 43.9 Å². The van der Waals surface area contributed by atoms with E-state index in [9.17, 15) is 4.79 Å². The summed E-state index contributed by atoms with van der Waals surface area (Å²) in [6.07, 6.45) is 2.25. The number of carbonyl (C=O) groups is 1. The third-order valence-corrected chi connectivity index (χ3v) is 4.47. The van der Waals surface area contributed by atoms with Crippen molar-refractivity contribution in [2.75, 3.05) is 6.54 Å². The molecular formula is C16H23BrN2O. The zero-order chi connectivity index (χ0) is 14.8. The first-order valence-electron chi connectivity index (χ1n) is 7.25. The second-order valence-electron chi connectivity index (χ2n) is 5.91. The maximum atomic E-state index is 12.8. The molecule has 4 heteroatoms. The minimum Gasteiger partial charge on any atom is -0.334 e. The lowest BCUT2D eigenvalue weighted by atomic mass is 10.0. The number of carbonyl (C=O) groups excluding carboxylic acids is 1. The largest absolute Gasteiger partial charge is 0.334 e. The number of nitrogens with one attached hydrogen (secondary N) is 1. The van der Waals surface area contributed by atoms with E-state index < -0.39 is 5.54 Å². The van der Waals surface area contributed by atoms with Gasteiger partial charge < -0.3 is 10.2 Å². The van der Waals surface area contributed by atoms with E-state index in [2.05, 4.69) is 27.3 Å². The van der Waals surface area contributed by atoms with Crippen LogP contribution < -0.4 is 5.32 Å². The van der Waals surface area contributed by atoms with Crippen molar-refractivity contribution in [1.29, 1.82) is 0 Å². The molecule has 0 heterocycles. The molecule has 1 N–H and O–H groups in total. The van der Waals surface area contributed by atoms with Crippen molar-refractivity contribution in [3.8, 4) is 0 Å². The highest BCUT2D eigenvalue weighted by molar-refractivity contribution is 9.10. The number of nitrogens with zero attached hydrogens (tertiary/aromatic N) is 1. The summed E-state index contributed by atoms with van der Waals surface area (Å²) in [6.45, 7) is 7.44. The smallest absolute Gasteiger partial charge is 0.242 e. The lowest BCUT2D eigenvalue weighted by molar-refractivity contribution is -0.138. The summed E-state index contributed by atoms with van der Waals surface area (Å²) in [6, 6.07) is 8.53. The number of hydrogen-bond acceptors (Lipinski definition) is 2. The highest BCUT2D eigenvalue weighted by Crippen LogP contribution is 2.31. The van der Waals surface area contributed by atoms with Crippen LogP contribution in [0.2, 0.25) is 0 Å². The molecule has 20 heavy (non-hydrogen) atoms. The van der Waals surface area contributed by atoms with Crippen molar-refractivity contribution >= 4 is 21.8 Å². The van der Waals surface area contributed by atoms with Crippen LogP contribution in [0.25, 0.3) is 0 Å². The van der Waals surface area contributed by atoms with E-state index in [1.165, 1.54) is 5.56 Å². The average molecular weight is 339 g/mol. The molecule has 0 atom stereocenters. The van der Waals surface area contributed by atoms with Crippen molar-refractivity contribution in [1.82, 2.24) is 10.2 Å². The molecule has 1 aromatic carbocycles. The maximum Gasteiger partial charge on any atom is 0.242 e. The molecule has 0 unspecified atom stereocenters. The Kier molecular flexibility index (Phi) is 4.86. The molecular weight excluding hydrogens is 316 g/mol. The van der Waals surface area contributed by atoms with Crippen LogP contribution in [-0.2, 0) is 11.3 Å². The number of benzene rings is 1. The highest BCUT2D eigenvalue weighted by Gasteiger charge is 2.39. The Morgan fingerprint density at radius 3 is 2.60 bits per heavy atom. The van der Waals surface area contributed by atoms with Crippen LogP contribution in [0.4, 0.5) is 0 Å². The molecule has 1 aromatic rings. The first-order chi connectivity index (χ1) is 9.45. The fraction of sp³-hybridized carbons (Fsp3) is 0.562. The summed E-state index contributed by atoms with van der Waals surface area (Å²) >= 11 is 3.57. The summed E-state index contributed by atoms with van der Waals surface area (Å²) < 4.78 is 1.07. The summed E-state index contributed by atoms with van der Waals surface area (Å²) in [7, 11) is 0. The molecule has 110 valence electrons. The Morgan fingerprint density at radius 1 is 1.40 bits per heavy atom. The predicted molar refractivity (Wildman–Crippen MR) is 85.5 cm³/mol. The Morgan fingerprint density at radius 2 is 2.05 bits per heavy atom. The van der Waals surface area contributed by atoms with Crippen LogP contribution in [0, 0.1) is 0 Å². The van der Waals surface area contributed by atoms with Crippen LogP contribution >= 0.6 is 15.9 Å². The molecule has 0 aliphatic heterocycles. The first-order valence-corrected chi connectivity index (χ1v) is 8.04. The third kappa shape index (κ3) is 3.61. The molecule has 0 bridgehead atoms. The summed E-state index contributed by atoms with van der Waals surface area (Å²) in [5, 5.41) is 3.28. The van der Waals surface area contributed by atoms with Crippen molar-refractivity contribution in [3.63, 3.8) is 0 Å². The molecule has 0 aromatic heterocycles. The van der Waals surface area contributed by atoms with Gasteiger partial charge in [-0.1, -0.05) is 41.1 Å². The van der Waals surface area contributed by atoms with Gasteiger partial charge in [0, 0.05) is 17.1 Å². The Balaban J connectivity index is 2.16. The SMILES string of the molecule is CCNC(C)(C)C(=O)N(Cc1ccccc1Br)C1CC1. The van der Waals surface area contributed by atoms with Gasteiger partial charge in [-0.05, 0) is 44.9 Å². The van der Waals surface area contributed by atoms with Crippen molar-refractivity contribution in [2.45, 2.75) is 51.7 Å². The molecule has 1 amide bonds. The van der Waals surface area contributed by atoms with E-state index in [4.69, 9.17) is 0 Å². The molecule has 0 spiro atoms. The number of rotatable bonds is 6. The molecule has 0 saturated heterocycles. The fourth-order valence-electron chi connectivity index (χ4n) is 2.44. The third-order valence-electron chi connectivity index (χ3n) is 3.70. The van der Waals surface area contributed by atoms with Crippen LogP contribution in [0.1, 0.15) is 39.2 Å². The Hall–Kier alpha value is -0.870. The van der Waals surface area contributed by atoms with Gasteiger partial charge in [-0.2, -0.15) is 0 Å². The van der Waals surface area contributed by atoms with E-state index in [0.29, 0.717) is 12.6 Å². The van der Waals surface area contributed by atoms with Crippen LogP contribution in [0.5, 0.6) is 0 Å². The van der Waals surface area contributed by atoms with Gasteiger partial charge >= 0.3 is 0 Å². The highest BCUT2D eigenvalue weighted by atomic mass is 79.9. The molecule has 1 aliphatic carbocycles. The van der Waals surface area contributed by atoms with Crippen LogP contribution in [-0.4, -0.2) is 28.9 Å². The second-order valence-corrected chi connectivity index (χ2v) is 6.77. The van der Waals surface area contributed by atoms with E-state index in [1.54, 1.807) is 0 Å². The van der Waals surface area contributed by atoms with Gasteiger partial charge in [-0.25, -0.2) is 0 Å². The zero-order valence-corrected chi connectivity index (χ0v) is 14.0. The van der Waals surface area contributed by atoms with Gasteiger partial charge in [0.15, 0.2) is 0 Å². The first kappa shape index (κ1) is 15.5. The predicted octanol–water partition coefficient (Wildman–Crippen LogP) is 3.33. The number of halogens is 1. The van der Waals surface area contributed by atoms with Gasteiger partial charge in [0.1, 0.15) is 0 Å². The fourth-order valence-corrected chi connectivity index (χ4v) is 2.85. The van der Waals surface area contributed by atoms with Crippen molar-refractivity contribution in [2.24, 2.45) is 0 Å². The number of amides is 1. The van der Waals surface area contributed by atoms with Crippen molar-refractivity contribution in [3.05, 3.63) is 34.3 Å². The number of likely N-dealkylation sites (N-methyl/N-ethyl adjacent to an activating group) is 1. The van der Waals surface area contributed by atoms with E-state index in [0.717, 1.165) is 23.9 Å². The van der Waals surface area contributed by atoms with Gasteiger partial charge in [0.25, 0.3) is 0 Å². The Bertz CT molecular complexity index is 483. The van der Waals surface area contributed by atoms with E-state index >= 15 is 0 Å². The normalized spacial score (nSPS) is 15.2. The van der Waals surface area contributed by atoms with Crippen LogP contribution in [0.3, 0.4) is 0 Å². The topological polar surface area (TPSA) is 32.3 Å². The van der Waals surface area contributed by atoms with Crippen molar-refractivity contribution < 1.29 is 4.79 Å². The molecule has 1 fully saturated rings. The molecule has 2 rings (SSSR count). The lowest BCUT2D eigenvalue weighted by Crippen LogP contribution is -2.54. The quantitative estimate of drug-likeness (QED) is 0.862. The minimum absolute atomic E-state index is 0.192. The molecule has 1 aliphatic rings. The second kappa shape index (κ2) is 6.27. The monoisotopic (exact) mass is 338 g/mol. The standard InChI is InChI=1S/C16H23BrN2O/c1-4-18-16(2,3)15(20)19(13-9-10-13)11-12-7-5-6-8-14(12)17/h5-8,13,18H,4,9-11H2,1-3H3. The minimum atomic E-state index is -0.501. The van der Waals surface area contributed by atoms with Gasteiger partial charge in [-0.15, -0.1) is 0 Å². The van der Waals surface area contributed by atoms with Gasteiger partial charge in [0.2, 0.25) is 5.91 Å². The summed E-state index contributed by atoms with van der Waals surface area (Å²) in [5.41, 5.74) is 0.665. The Labute approximate surface area is 129 Å². The maximum absolute atomic E-state index is 12.8. The zero-order valence-electron chi connectivity index (χ0n) is 12.4. The molecule has 0 radical (unpaired) electrons. The van der Waals surface area contributed by atoms with E-state index in [-0.39, 0.29) is 5.91 Å². The van der Waals surface area contributed by atoms with Gasteiger partial charge in [-0.3, -0.25) is 4.79 Å². The van der Waals surface area contributed by atoms with Crippen LogP contribution in [0.15, 0.2) is 28.7 Å². The van der Waals surface area contributed by atoms with Gasteiger partial charge in [0.05, 0.1) is 5.54 Å². The summed E-state index contributed by atoms with van der Waals surface area (Å²) in [5.74, 6) is 0.192. The average Bonchev–Trinajstić information content (AvgIpc) is 3.21. The summed E-state index contributed by atoms with van der Waals surface area (Å²) in [4.78, 5) is 14.8. The molecule has 3 nitrogen and oxygen atoms in total. The number of hydrogen-bond donors (Lipinski definition) is 1. The molecule has 1 saturated carbocycles.